The molecule has 1 fully saturated rings. The van der Waals surface area contributed by atoms with Crippen LogP contribution in [0.25, 0.3) is 0 Å². The van der Waals surface area contributed by atoms with Crippen molar-refractivity contribution in [3.63, 3.8) is 0 Å². The third-order valence-corrected chi connectivity index (χ3v) is 7.00. The number of carbonyl (C=O) groups excluding carboxylic acids is 1. The number of β-amino-alcohol motifs (C(OH)–C–C–N with tert-alkyl or cyclic N) is 1. The van der Waals surface area contributed by atoms with Crippen molar-refractivity contribution < 1.29 is 9.90 Å². The second-order valence-electron chi connectivity index (χ2n) is 8.10. The third-order valence-electron chi connectivity index (χ3n) is 6.26. The van der Waals surface area contributed by atoms with E-state index >= 15 is 0 Å². The van der Waals surface area contributed by atoms with Gasteiger partial charge >= 0.3 is 0 Å². The number of hydrogen-bond donors (Lipinski definition) is 1. The topological polar surface area (TPSA) is 43.8 Å². The van der Waals surface area contributed by atoms with Crippen molar-refractivity contribution in [2.45, 2.75) is 37.8 Å². The SMILES string of the molecule is CC(=O)[C@@]1(CN2CCCC(O)C2)c2ccccc2CCN1c1ccc(Cl)c(Cl)c1.Cl. The van der Waals surface area contributed by atoms with Gasteiger partial charge in [-0.1, -0.05) is 47.5 Å². The van der Waals surface area contributed by atoms with E-state index in [-0.39, 0.29) is 24.3 Å². The minimum Gasteiger partial charge on any atom is -0.392 e. The smallest absolute Gasteiger partial charge is 0.161 e. The fourth-order valence-electron chi connectivity index (χ4n) is 4.87. The summed E-state index contributed by atoms with van der Waals surface area (Å²) in [5, 5.41) is 11.2. The van der Waals surface area contributed by atoms with Crippen molar-refractivity contribution in [3.05, 3.63) is 63.6 Å². The van der Waals surface area contributed by atoms with E-state index in [2.05, 4.69) is 21.9 Å². The molecule has 1 unspecified atom stereocenters. The summed E-state index contributed by atoms with van der Waals surface area (Å²) < 4.78 is 0. The van der Waals surface area contributed by atoms with Crippen LogP contribution < -0.4 is 4.90 Å². The van der Waals surface area contributed by atoms with Gasteiger partial charge in [0.2, 0.25) is 0 Å². The Labute approximate surface area is 194 Å². The Morgan fingerprint density at radius 3 is 2.63 bits per heavy atom. The summed E-state index contributed by atoms with van der Waals surface area (Å²) >= 11 is 12.5. The van der Waals surface area contributed by atoms with Crippen LogP contribution in [0.1, 0.15) is 30.9 Å². The van der Waals surface area contributed by atoms with Crippen molar-refractivity contribution in [2.75, 3.05) is 31.1 Å². The number of likely N-dealkylation sites (tertiary alicyclic amines) is 1. The van der Waals surface area contributed by atoms with Gasteiger partial charge < -0.3 is 10.0 Å². The lowest BCUT2D eigenvalue weighted by atomic mass is 9.76. The molecule has 2 heterocycles. The number of benzene rings is 2. The fourth-order valence-corrected chi connectivity index (χ4v) is 5.16. The van der Waals surface area contributed by atoms with Gasteiger partial charge in [-0.25, -0.2) is 0 Å². The molecule has 2 aliphatic rings. The van der Waals surface area contributed by atoms with E-state index in [1.165, 1.54) is 5.56 Å². The van der Waals surface area contributed by atoms with Gasteiger partial charge in [0.05, 0.1) is 16.1 Å². The van der Waals surface area contributed by atoms with Crippen LogP contribution >= 0.6 is 35.6 Å². The average Bonchev–Trinajstić information content (AvgIpc) is 2.70. The van der Waals surface area contributed by atoms with E-state index in [0.29, 0.717) is 29.7 Å². The van der Waals surface area contributed by atoms with Crippen molar-refractivity contribution in [3.8, 4) is 0 Å². The highest BCUT2D eigenvalue weighted by atomic mass is 35.5. The summed E-state index contributed by atoms with van der Waals surface area (Å²) in [6.45, 7) is 4.39. The molecule has 30 heavy (non-hydrogen) atoms. The number of hydrogen-bond acceptors (Lipinski definition) is 4. The predicted molar refractivity (Wildman–Crippen MR) is 125 cm³/mol. The summed E-state index contributed by atoms with van der Waals surface area (Å²) in [4.78, 5) is 17.8. The molecule has 2 aromatic carbocycles. The maximum absolute atomic E-state index is 13.4. The summed E-state index contributed by atoms with van der Waals surface area (Å²) in [5.41, 5.74) is 2.31. The summed E-state index contributed by atoms with van der Waals surface area (Å²) in [6.07, 6.45) is 2.26. The second-order valence-corrected chi connectivity index (χ2v) is 8.92. The minimum absolute atomic E-state index is 0. The molecule has 4 rings (SSSR count). The molecule has 2 atom stereocenters. The van der Waals surface area contributed by atoms with E-state index in [0.717, 1.165) is 37.1 Å². The fraction of sp³-hybridized carbons (Fsp3) is 0.435. The highest BCUT2D eigenvalue weighted by Crippen LogP contribution is 2.42. The molecule has 2 aromatic rings. The Bertz CT molecular complexity index is 923. The monoisotopic (exact) mass is 468 g/mol. The molecule has 4 nitrogen and oxygen atoms in total. The minimum atomic E-state index is -0.830. The molecule has 1 saturated heterocycles. The number of Topliss-reactive ketones (excluding diaryl/α,β-unsaturated/α-hetero) is 1. The zero-order valence-electron chi connectivity index (χ0n) is 17.0. The maximum Gasteiger partial charge on any atom is 0.161 e. The summed E-state index contributed by atoms with van der Waals surface area (Å²) in [5.74, 6) is 0.0933. The molecule has 0 spiro atoms. The molecular formula is C23H27Cl3N2O2. The molecule has 0 saturated carbocycles. The third kappa shape index (κ3) is 4.21. The van der Waals surface area contributed by atoms with E-state index in [4.69, 9.17) is 23.2 Å². The van der Waals surface area contributed by atoms with Gasteiger partial charge in [-0.2, -0.15) is 0 Å². The van der Waals surface area contributed by atoms with Gasteiger partial charge in [-0.15, -0.1) is 12.4 Å². The standard InChI is InChI=1S/C23H26Cl2N2O2.ClH/c1-16(28)23(15-26-11-4-6-19(29)14-26)20-7-3-2-5-17(20)10-12-27(23)18-8-9-21(24)22(25)13-18;/h2-3,5,7-9,13,19,29H,4,6,10-12,14-15H2,1H3;1H/t19?,23-;/m0./s1. The first kappa shape index (κ1) is 23.4. The zero-order valence-corrected chi connectivity index (χ0v) is 19.3. The van der Waals surface area contributed by atoms with Crippen LogP contribution in [0.2, 0.25) is 10.0 Å². The van der Waals surface area contributed by atoms with Gasteiger partial charge in [0, 0.05) is 25.3 Å². The number of aliphatic hydroxyl groups excluding tert-OH is 1. The second kappa shape index (κ2) is 9.46. The Morgan fingerprint density at radius 1 is 1.17 bits per heavy atom. The van der Waals surface area contributed by atoms with Gasteiger partial charge in [-0.3, -0.25) is 9.69 Å². The number of piperidine rings is 1. The number of ketones is 1. The van der Waals surface area contributed by atoms with Crippen LogP contribution in [0.5, 0.6) is 0 Å². The highest BCUT2D eigenvalue weighted by Gasteiger charge is 2.48. The lowest BCUT2D eigenvalue weighted by molar-refractivity contribution is -0.124. The molecule has 7 heteroatoms. The number of aliphatic hydroxyl groups is 1. The summed E-state index contributed by atoms with van der Waals surface area (Å²) in [6, 6.07) is 13.8. The molecule has 162 valence electrons. The normalized spacial score (nSPS) is 24.1. The number of carbonyl (C=O) groups is 1. The van der Waals surface area contributed by atoms with E-state index in [1.54, 1.807) is 13.0 Å². The van der Waals surface area contributed by atoms with Crippen LogP contribution in [0.15, 0.2) is 42.5 Å². The Hall–Kier alpha value is -1.30. The molecular weight excluding hydrogens is 443 g/mol. The lowest BCUT2D eigenvalue weighted by Crippen LogP contribution is -2.62. The number of halogens is 3. The van der Waals surface area contributed by atoms with Gasteiger partial charge in [-0.05, 0) is 62.1 Å². The Kier molecular flexibility index (Phi) is 7.36. The number of fused-ring (bicyclic) bond motifs is 1. The van der Waals surface area contributed by atoms with Crippen molar-refractivity contribution >= 4 is 47.1 Å². The van der Waals surface area contributed by atoms with Crippen LogP contribution in [-0.2, 0) is 16.8 Å². The van der Waals surface area contributed by atoms with Gasteiger partial charge in [0.1, 0.15) is 5.54 Å². The van der Waals surface area contributed by atoms with Crippen molar-refractivity contribution in [1.82, 2.24) is 4.90 Å². The Balaban J connectivity index is 0.00000256. The molecule has 0 radical (unpaired) electrons. The van der Waals surface area contributed by atoms with Crippen LogP contribution in [0.3, 0.4) is 0 Å². The van der Waals surface area contributed by atoms with Crippen LogP contribution in [-0.4, -0.2) is 48.1 Å². The molecule has 0 bridgehead atoms. The lowest BCUT2D eigenvalue weighted by Gasteiger charge is -2.50. The van der Waals surface area contributed by atoms with Crippen LogP contribution in [0, 0.1) is 0 Å². The van der Waals surface area contributed by atoms with Crippen molar-refractivity contribution in [1.29, 1.82) is 0 Å². The van der Waals surface area contributed by atoms with Gasteiger partial charge in [0.25, 0.3) is 0 Å². The molecule has 0 amide bonds. The number of anilines is 1. The number of rotatable bonds is 4. The maximum atomic E-state index is 13.4. The quantitative estimate of drug-likeness (QED) is 0.704. The number of nitrogens with zero attached hydrogens (tertiary/aromatic N) is 2. The van der Waals surface area contributed by atoms with E-state index in [1.807, 2.05) is 24.3 Å². The summed E-state index contributed by atoms with van der Waals surface area (Å²) in [7, 11) is 0. The first-order chi connectivity index (χ1) is 13.9. The Morgan fingerprint density at radius 2 is 1.93 bits per heavy atom. The first-order valence-corrected chi connectivity index (χ1v) is 10.9. The van der Waals surface area contributed by atoms with E-state index < -0.39 is 5.54 Å². The highest BCUT2D eigenvalue weighted by molar-refractivity contribution is 6.42. The van der Waals surface area contributed by atoms with Gasteiger partial charge in [0.15, 0.2) is 5.78 Å². The predicted octanol–water partition coefficient (Wildman–Crippen LogP) is 4.72. The first-order valence-electron chi connectivity index (χ1n) is 10.1. The molecule has 0 aliphatic carbocycles. The zero-order chi connectivity index (χ0) is 20.6. The van der Waals surface area contributed by atoms with E-state index in [9.17, 15) is 9.90 Å². The molecule has 2 aliphatic heterocycles. The molecule has 0 aromatic heterocycles. The van der Waals surface area contributed by atoms with Crippen LogP contribution in [0.4, 0.5) is 5.69 Å². The average molecular weight is 470 g/mol. The molecule has 1 N–H and O–H groups in total. The van der Waals surface area contributed by atoms with Crippen molar-refractivity contribution in [2.24, 2.45) is 0 Å². The largest absolute Gasteiger partial charge is 0.392 e.